The van der Waals surface area contributed by atoms with Gasteiger partial charge in [-0.2, -0.15) is 5.26 Å². The van der Waals surface area contributed by atoms with Crippen LogP contribution < -0.4 is 10.2 Å². The Labute approximate surface area is 116 Å². The van der Waals surface area contributed by atoms with Crippen LogP contribution in [0.15, 0.2) is 18.2 Å². The van der Waals surface area contributed by atoms with Gasteiger partial charge in [0.05, 0.1) is 12.5 Å². The molecule has 1 aromatic rings. The maximum atomic E-state index is 8.92. The summed E-state index contributed by atoms with van der Waals surface area (Å²) in [4.78, 5) is 2.39. The van der Waals surface area contributed by atoms with E-state index in [9.17, 15) is 0 Å². The molecule has 0 spiro atoms. The van der Waals surface area contributed by atoms with E-state index in [0.29, 0.717) is 6.42 Å². The van der Waals surface area contributed by atoms with E-state index in [0.717, 1.165) is 13.1 Å². The van der Waals surface area contributed by atoms with E-state index in [-0.39, 0.29) is 11.6 Å². The van der Waals surface area contributed by atoms with Crippen molar-refractivity contribution in [1.29, 1.82) is 5.26 Å². The second kappa shape index (κ2) is 5.22. The number of hydrogen-bond donors (Lipinski definition) is 1. The maximum Gasteiger partial charge on any atom is 0.0638 e. The molecule has 2 rings (SSSR count). The largest absolute Gasteiger partial charge is 0.368 e. The van der Waals surface area contributed by atoms with Gasteiger partial charge in [-0.15, -0.1) is 0 Å². The topological polar surface area (TPSA) is 39.1 Å². The van der Waals surface area contributed by atoms with Gasteiger partial charge in [-0.05, 0) is 51.0 Å². The van der Waals surface area contributed by atoms with Gasteiger partial charge in [0.1, 0.15) is 0 Å². The highest BCUT2D eigenvalue weighted by Gasteiger charge is 2.31. The molecule has 1 saturated heterocycles. The molecule has 1 aliphatic heterocycles. The van der Waals surface area contributed by atoms with Crippen LogP contribution in [0.5, 0.6) is 0 Å². The molecule has 1 unspecified atom stereocenters. The molecule has 3 heteroatoms. The zero-order valence-electron chi connectivity index (χ0n) is 12.3. The Morgan fingerprint density at radius 1 is 1.37 bits per heavy atom. The Morgan fingerprint density at radius 3 is 2.74 bits per heavy atom. The van der Waals surface area contributed by atoms with Crippen LogP contribution in [0, 0.1) is 25.2 Å². The Bertz CT molecular complexity index is 499. The minimum atomic E-state index is 0.0402. The third-order valence-electron chi connectivity index (χ3n) is 3.82. The van der Waals surface area contributed by atoms with Gasteiger partial charge in [0.25, 0.3) is 0 Å². The van der Waals surface area contributed by atoms with Crippen LogP contribution >= 0.6 is 0 Å². The Balaban J connectivity index is 2.23. The van der Waals surface area contributed by atoms with Gasteiger partial charge in [-0.1, -0.05) is 6.07 Å². The van der Waals surface area contributed by atoms with Gasteiger partial charge < -0.3 is 10.2 Å². The highest BCUT2D eigenvalue weighted by Crippen LogP contribution is 2.24. The zero-order chi connectivity index (χ0) is 14.0. The molecule has 1 aliphatic rings. The van der Waals surface area contributed by atoms with E-state index in [1.54, 1.807) is 0 Å². The van der Waals surface area contributed by atoms with Crippen LogP contribution in [0.25, 0.3) is 0 Å². The number of piperazine rings is 1. The minimum Gasteiger partial charge on any atom is -0.368 e. The number of rotatable bonds is 2. The SMILES string of the molecule is Cc1ccc(N2CC(CC#N)NC(C)(C)C2)cc1C. The first-order valence-corrected chi connectivity index (χ1v) is 6.88. The summed E-state index contributed by atoms with van der Waals surface area (Å²) in [5, 5.41) is 12.5. The lowest BCUT2D eigenvalue weighted by atomic mass is 9.96. The molecule has 102 valence electrons. The van der Waals surface area contributed by atoms with Crippen molar-refractivity contribution in [3.8, 4) is 6.07 Å². The zero-order valence-corrected chi connectivity index (χ0v) is 12.3. The summed E-state index contributed by atoms with van der Waals surface area (Å²) in [5.41, 5.74) is 3.96. The third kappa shape index (κ3) is 3.27. The smallest absolute Gasteiger partial charge is 0.0638 e. The van der Waals surface area contributed by atoms with E-state index in [1.165, 1.54) is 16.8 Å². The van der Waals surface area contributed by atoms with Crippen LogP contribution in [-0.2, 0) is 0 Å². The molecule has 1 N–H and O–H groups in total. The van der Waals surface area contributed by atoms with Crippen molar-refractivity contribution < 1.29 is 0 Å². The number of nitrogens with zero attached hydrogens (tertiary/aromatic N) is 2. The van der Waals surface area contributed by atoms with Gasteiger partial charge >= 0.3 is 0 Å². The summed E-state index contributed by atoms with van der Waals surface area (Å²) in [6.07, 6.45) is 0.560. The second-order valence-electron chi connectivity index (χ2n) is 6.24. The first-order chi connectivity index (χ1) is 8.91. The molecule has 1 fully saturated rings. The van der Waals surface area contributed by atoms with Crippen LogP contribution in [-0.4, -0.2) is 24.7 Å². The molecule has 0 saturated carbocycles. The third-order valence-corrected chi connectivity index (χ3v) is 3.82. The van der Waals surface area contributed by atoms with Crippen LogP contribution in [0.4, 0.5) is 5.69 Å². The number of anilines is 1. The fourth-order valence-corrected chi connectivity index (χ4v) is 2.80. The number of benzene rings is 1. The van der Waals surface area contributed by atoms with E-state index < -0.39 is 0 Å². The van der Waals surface area contributed by atoms with Crippen LogP contribution in [0.2, 0.25) is 0 Å². The first-order valence-electron chi connectivity index (χ1n) is 6.88. The van der Waals surface area contributed by atoms with Gasteiger partial charge in [-0.3, -0.25) is 0 Å². The highest BCUT2D eigenvalue weighted by molar-refractivity contribution is 5.51. The summed E-state index contributed by atoms with van der Waals surface area (Å²) in [6.45, 7) is 10.6. The second-order valence-corrected chi connectivity index (χ2v) is 6.24. The van der Waals surface area contributed by atoms with Crippen LogP contribution in [0.1, 0.15) is 31.4 Å². The molecule has 0 radical (unpaired) electrons. The number of aryl methyl sites for hydroxylation is 2. The monoisotopic (exact) mass is 257 g/mol. The van der Waals surface area contributed by atoms with Gasteiger partial charge in [0.2, 0.25) is 0 Å². The van der Waals surface area contributed by atoms with Crippen molar-refractivity contribution in [2.24, 2.45) is 0 Å². The van der Waals surface area contributed by atoms with Gasteiger partial charge in [0.15, 0.2) is 0 Å². The average molecular weight is 257 g/mol. The maximum absolute atomic E-state index is 8.92. The fraction of sp³-hybridized carbons (Fsp3) is 0.562. The summed E-state index contributed by atoms with van der Waals surface area (Å²) in [6, 6.07) is 9.14. The lowest BCUT2D eigenvalue weighted by Gasteiger charge is -2.44. The van der Waals surface area contributed by atoms with E-state index >= 15 is 0 Å². The molecule has 19 heavy (non-hydrogen) atoms. The number of nitrogens with one attached hydrogen (secondary N) is 1. The van der Waals surface area contributed by atoms with Gasteiger partial charge in [0, 0.05) is 30.4 Å². The summed E-state index contributed by atoms with van der Waals surface area (Å²) >= 11 is 0. The minimum absolute atomic E-state index is 0.0402. The van der Waals surface area contributed by atoms with Crippen molar-refractivity contribution in [2.45, 2.75) is 45.7 Å². The summed E-state index contributed by atoms with van der Waals surface area (Å²) < 4.78 is 0. The average Bonchev–Trinajstić information content (AvgIpc) is 2.31. The number of nitriles is 1. The highest BCUT2D eigenvalue weighted by atomic mass is 15.2. The number of hydrogen-bond acceptors (Lipinski definition) is 3. The first kappa shape index (κ1) is 13.9. The molecule has 1 aromatic carbocycles. The lowest BCUT2D eigenvalue weighted by Crippen LogP contribution is -2.62. The summed E-state index contributed by atoms with van der Waals surface area (Å²) in [5.74, 6) is 0. The lowest BCUT2D eigenvalue weighted by molar-refractivity contribution is 0.291. The summed E-state index contributed by atoms with van der Waals surface area (Å²) in [7, 11) is 0. The van der Waals surface area contributed by atoms with Crippen molar-refractivity contribution >= 4 is 5.69 Å². The molecular weight excluding hydrogens is 234 g/mol. The predicted octanol–water partition coefficient (Wildman–Crippen LogP) is 2.77. The molecule has 0 bridgehead atoms. The quantitative estimate of drug-likeness (QED) is 0.885. The van der Waals surface area contributed by atoms with E-state index in [2.05, 4.69) is 62.2 Å². The van der Waals surface area contributed by atoms with E-state index in [1.807, 2.05) is 0 Å². The molecule has 0 amide bonds. The molecule has 0 aromatic heterocycles. The normalized spacial score (nSPS) is 22.1. The molecule has 1 atom stereocenters. The standard InChI is InChI=1S/C16H23N3/c1-12-5-6-15(9-13(12)2)19-10-14(7-8-17)18-16(3,4)11-19/h5-6,9,14,18H,7,10-11H2,1-4H3. The van der Waals surface area contributed by atoms with Gasteiger partial charge in [-0.25, -0.2) is 0 Å². The molecule has 3 nitrogen and oxygen atoms in total. The molecule has 1 heterocycles. The van der Waals surface area contributed by atoms with Crippen molar-refractivity contribution in [3.63, 3.8) is 0 Å². The van der Waals surface area contributed by atoms with Crippen LogP contribution in [0.3, 0.4) is 0 Å². The Kier molecular flexibility index (Phi) is 3.82. The molecular formula is C16H23N3. The van der Waals surface area contributed by atoms with E-state index in [4.69, 9.17) is 5.26 Å². The van der Waals surface area contributed by atoms with Crippen molar-refractivity contribution in [3.05, 3.63) is 29.3 Å². The predicted molar refractivity (Wildman–Crippen MR) is 79.4 cm³/mol. The Morgan fingerprint density at radius 2 is 2.11 bits per heavy atom. The Hall–Kier alpha value is -1.53. The molecule has 0 aliphatic carbocycles. The van der Waals surface area contributed by atoms with Crippen molar-refractivity contribution in [2.75, 3.05) is 18.0 Å². The fourth-order valence-electron chi connectivity index (χ4n) is 2.80. The van der Waals surface area contributed by atoms with Crippen molar-refractivity contribution in [1.82, 2.24) is 5.32 Å².